The van der Waals surface area contributed by atoms with Crippen LogP contribution >= 0.6 is 0 Å². The Morgan fingerprint density at radius 3 is 2.00 bits per heavy atom. The van der Waals surface area contributed by atoms with Crippen molar-refractivity contribution in [3.63, 3.8) is 0 Å². The van der Waals surface area contributed by atoms with Crippen LogP contribution in [-0.2, 0) is 14.3 Å². The van der Waals surface area contributed by atoms with E-state index in [1.807, 2.05) is 25.7 Å². The van der Waals surface area contributed by atoms with Gasteiger partial charge in [0.2, 0.25) is 5.91 Å². The van der Waals surface area contributed by atoms with Crippen LogP contribution in [0.4, 0.5) is 4.79 Å². The highest BCUT2D eigenvalue weighted by molar-refractivity contribution is 5.80. The number of ether oxygens (including phenoxy) is 2. The van der Waals surface area contributed by atoms with Gasteiger partial charge in [0.25, 0.3) is 0 Å². The number of amides is 2. The molecule has 0 aliphatic carbocycles. The molecule has 2 heterocycles. The summed E-state index contributed by atoms with van der Waals surface area (Å²) >= 11 is 0. The highest BCUT2D eigenvalue weighted by atomic mass is 16.6. The zero-order valence-corrected chi connectivity index (χ0v) is 11.8. The van der Waals surface area contributed by atoms with E-state index < -0.39 is 5.60 Å². The molecule has 0 spiro atoms. The molecule has 2 amide bonds. The summed E-state index contributed by atoms with van der Waals surface area (Å²) in [5, 5.41) is 0. The van der Waals surface area contributed by atoms with Crippen molar-refractivity contribution in [2.24, 2.45) is 5.92 Å². The Morgan fingerprint density at radius 2 is 1.58 bits per heavy atom. The van der Waals surface area contributed by atoms with Gasteiger partial charge >= 0.3 is 6.09 Å². The van der Waals surface area contributed by atoms with Crippen LogP contribution in [0.25, 0.3) is 0 Å². The van der Waals surface area contributed by atoms with Crippen molar-refractivity contribution in [3.8, 4) is 0 Å². The van der Waals surface area contributed by atoms with Crippen LogP contribution < -0.4 is 0 Å². The Kier molecular flexibility index (Phi) is 3.99. The number of hydrogen-bond acceptors (Lipinski definition) is 4. The van der Waals surface area contributed by atoms with Gasteiger partial charge in [0.05, 0.1) is 19.1 Å². The first-order valence-corrected chi connectivity index (χ1v) is 6.71. The standard InChI is InChI=1S/C13H22N2O4/c1-13(2,3)19-12(17)15-6-4-14(5-7-15)11(16)10-8-18-9-10/h10H,4-9H2,1-3H3. The van der Waals surface area contributed by atoms with E-state index in [1.165, 1.54) is 0 Å². The third-order valence-corrected chi connectivity index (χ3v) is 3.23. The van der Waals surface area contributed by atoms with Crippen LogP contribution in [0.5, 0.6) is 0 Å². The summed E-state index contributed by atoms with van der Waals surface area (Å²) in [7, 11) is 0. The average Bonchev–Trinajstić information content (AvgIpc) is 2.24. The molecular formula is C13H22N2O4. The minimum Gasteiger partial charge on any atom is -0.444 e. The Balaban J connectivity index is 1.78. The molecule has 6 nitrogen and oxygen atoms in total. The van der Waals surface area contributed by atoms with Gasteiger partial charge < -0.3 is 19.3 Å². The first-order chi connectivity index (χ1) is 8.87. The number of rotatable bonds is 1. The van der Waals surface area contributed by atoms with Crippen LogP contribution in [0.1, 0.15) is 20.8 Å². The third-order valence-electron chi connectivity index (χ3n) is 3.23. The number of hydrogen-bond donors (Lipinski definition) is 0. The third kappa shape index (κ3) is 3.59. The van der Waals surface area contributed by atoms with Gasteiger partial charge in [-0.3, -0.25) is 4.79 Å². The van der Waals surface area contributed by atoms with Crippen molar-refractivity contribution in [3.05, 3.63) is 0 Å². The van der Waals surface area contributed by atoms with E-state index in [-0.39, 0.29) is 17.9 Å². The van der Waals surface area contributed by atoms with Gasteiger partial charge in [-0.15, -0.1) is 0 Å². The lowest BCUT2D eigenvalue weighted by Crippen LogP contribution is -2.54. The van der Waals surface area contributed by atoms with Crippen LogP contribution in [0, 0.1) is 5.92 Å². The SMILES string of the molecule is CC(C)(C)OC(=O)N1CCN(C(=O)C2COC2)CC1. The van der Waals surface area contributed by atoms with E-state index in [0.29, 0.717) is 39.4 Å². The smallest absolute Gasteiger partial charge is 0.410 e. The molecule has 0 aromatic rings. The fraction of sp³-hybridized carbons (Fsp3) is 0.846. The summed E-state index contributed by atoms with van der Waals surface area (Å²) in [5.41, 5.74) is -0.479. The lowest BCUT2D eigenvalue weighted by atomic mass is 10.1. The maximum Gasteiger partial charge on any atom is 0.410 e. The lowest BCUT2D eigenvalue weighted by molar-refractivity contribution is -0.151. The summed E-state index contributed by atoms with van der Waals surface area (Å²) in [6.07, 6.45) is -0.299. The van der Waals surface area contributed by atoms with Crippen molar-refractivity contribution in [2.45, 2.75) is 26.4 Å². The monoisotopic (exact) mass is 270 g/mol. The van der Waals surface area contributed by atoms with Crippen LogP contribution in [0.2, 0.25) is 0 Å². The summed E-state index contributed by atoms with van der Waals surface area (Å²) in [6.45, 7) is 8.84. The Bertz CT molecular complexity index is 352. The van der Waals surface area contributed by atoms with Crippen LogP contribution in [0.3, 0.4) is 0 Å². The molecule has 0 unspecified atom stereocenters. The predicted octanol–water partition coefficient (Wildman–Crippen LogP) is 0.712. The molecular weight excluding hydrogens is 248 g/mol. The van der Waals surface area contributed by atoms with E-state index in [9.17, 15) is 9.59 Å². The number of carbonyl (C=O) groups excluding carboxylic acids is 2. The Hall–Kier alpha value is -1.30. The van der Waals surface area contributed by atoms with E-state index in [0.717, 1.165) is 0 Å². The zero-order valence-electron chi connectivity index (χ0n) is 11.8. The van der Waals surface area contributed by atoms with Crippen molar-refractivity contribution in [1.82, 2.24) is 9.80 Å². The van der Waals surface area contributed by atoms with Crippen molar-refractivity contribution in [1.29, 1.82) is 0 Å². The first-order valence-electron chi connectivity index (χ1n) is 6.71. The van der Waals surface area contributed by atoms with Gasteiger partial charge in [-0.2, -0.15) is 0 Å². The highest BCUT2D eigenvalue weighted by Crippen LogP contribution is 2.16. The van der Waals surface area contributed by atoms with E-state index >= 15 is 0 Å². The molecule has 2 fully saturated rings. The van der Waals surface area contributed by atoms with Gasteiger partial charge in [0.15, 0.2) is 0 Å². The molecule has 0 radical (unpaired) electrons. The van der Waals surface area contributed by atoms with Crippen LogP contribution in [0.15, 0.2) is 0 Å². The maximum atomic E-state index is 12.0. The molecule has 0 atom stereocenters. The number of piperazine rings is 1. The quantitative estimate of drug-likeness (QED) is 0.704. The molecule has 2 rings (SSSR count). The Labute approximate surface area is 113 Å². The van der Waals surface area contributed by atoms with Gasteiger partial charge in [-0.25, -0.2) is 4.79 Å². The van der Waals surface area contributed by atoms with E-state index in [1.54, 1.807) is 4.90 Å². The Morgan fingerprint density at radius 1 is 1.05 bits per heavy atom. The first kappa shape index (κ1) is 14.1. The minimum absolute atomic E-state index is 0.0214. The van der Waals surface area contributed by atoms with Crippen molar-refractivity contribution in [2.75, 3.05) is 39.4 Å². The van der Waals surface area contributed by atoms with Crippen molar-refractivity contribution >= 4 is 12.0 Å². The van der Waals surface area contributed by atoms with Gasteiger partial charge in [-0.05, 0) is 20.8 Å². The molecule has 2 saturated heterocycles. The fourth-order valence-corrected chi connectivity index (χ4v) is 2.07. The molecule has 0 aromatic heterocycles. The molecule has 6 heteroatoms. The second-order valence-electron chi connectivity index (χ2n) is 6.03. The zero-order chi connectivity index (χ0) is 14.0. The second-order valence-corrected chi connectivity index (χ2v) is 6.03. The number of carbonyl (C=O) groups is 2. The van der Waals surface area contributed by atoms with Crippen molar-refractivity contribution < 1.29 is 19.1 Å². The molecule has 108 valence electrons. The molecule has 0 N–H and O–H groups in total. The topological polar surface area (TPSA) is 59.1 Å². The van der Waals surface area contributed by atoms with Gasteiger partial charge in [0, 0.05) is 26.2 Å². The van der Waals surface area contributed by atoms with Crippen LogP contribution in [-0.4, -0.2) is 66.8 Å². The summed E-state index contributed by atoms with van der Waals surface area (Å²) in [5.74, 6) is 0.170. The molecule has 0 aromatic carbocycles. The summed E-state index contributed by atoms with van der Waals surface area (Å²) in [4.78, 5) is 27.3. The molecule has 0 saturated carbocycles. The average molecular weight is 270 g/mol. The van der Waals surface area contributed by atoms with E-state index in [2.05, 4.69) is 0 Å². The van der Waals surface area contributed by atoms with Gasteiger partial charge in [-0.1, -0.05) is 0 Å². The fourth-order valence-electron chi connectivity index (χ4n) is 2.07. The molecule has 19 heavy (non-hydrogen) atoms. The lowest BCUT2D eigenvalue weighted by Gasteiger charge is -2.38. The number of nitrogens with zero attached hydrogens (tertiary/aromatic N) is 2. The second kappa shape index (κ2) is 5.36. The summed E-state index contributed by atoms with van der Waals surface area (Å²) in [6, 6.07) is 0. The normalized spacial score (nSPS) is 21.0. The van der Waals surface area contributed by atoms with Gasteiger partial charge in [0.1, 0.15) is 5.60 Å². The maximum absolute atomic E-state index is 12.0. The highest BCUT2D eigenvalue weighted by Gasteiger charge is 2.33. The molecule has 2 aliphatic rings. The predicted molar refractivity (Wildman–Crippen MR) is 68.7 cm³/mol. The largest absolute Gasteiger partial charge is 0.444 e. The molecule has 0 bridgehead atoms. The minimum atomic E-state index is -0.479. The summed E-state index contributed by atoms with van der Waals surface area (Å²) < 4.78 is 10.3. The van der Waals surface area contributed by atoms with E-state index in [4.69, 9.17) is 9.47 Å². The molecule has 2 aliphatic heterocycles.